The van der Waals surface area contributed by atoms with Crippen LogP contribution < -0.4 is 21.7 Å². The van der Waals surface area contributed by atoms with Gasteiger partial charge < -0.3 is 21.7 Å². The molecule has 0 saturated heterocycles. The molecule has 17 heavy (non-hydrogen) atoms. The molecule has 1 atom stereocenters. The Labute approximate surface area is 99.6 Å². The maximum atomic E-state index is 11.3. The van der Waals surface area contributed by atoms with Crippen molar-refractivity contribution in [3.8, 4) is 0 Å². The Morgan fingerprint density at radius 3 is 2.00 bits per heavy atom. The lowest BCUT2D eigenvalue weighted by molar-refractivity contribution is -0.117. The molecule has 0 aromatic heterocycles. The van der Waals surface area contributed by atoms with Gasteiger partial charge in [0.25, 0.3) is 0 Å². The predicted molar refractivity (Wildman–Crippen MR) is 66.8 cm³/mol. The molecule has 0 radical (unpaired) electrons. The molecule has 0 aliphatic rings. The Kier molecular flexibility index (Phi) is 4.47. The van der Waals surface area contributed by atoms with Crippen molar-refractivity contribution < 1.29 is 9.59 Å². The molecular formula is C11H16N4O2. The van der Waals surface area contributed by atoms with Gasteiger partial charge in [-0.3, -0.25) is 4.79 Å². The second kappa shape index (κ2) is 5.86. The molecular weight excluding hydrogens is 220 g/mol. The number of benzene rings is 1. The Hall–Kier alpha value is -2.08. The number of carbonyl (C=O) groups is 2. The summed E-state index contributed by atoms with van der Waals surface area (Å²) < 4.78 is 0. The highest BCUT2D eigenvalue weighted by Crippen LogP contribution is 2.13. The summed E-state index contributed by atoms with van der Waals surface area (Å²) in [5.74, 6) is -0.253. The molecule has 6 heteroatoms. The number of amides is 3. The Morgan fingerprint density at radius 2 is 1.59 bits per heavy atom. The lowest BCUT2D eigenvalue weighted by atomic mass is 10.2. The normalized spacial score (nSPS) is 11.5. The summed E-state index contributed by atoms with van der Waals surface area (Å²) in [5.41, 5.74) is 6.70. The van der Waals surface area contributed by atoms with Gasteiger partial charge in [-0.05, 0) is 31.2 Å². The molecule has 92 valence electrons. The van der Waals surface area contributed by atoms with Crippen molar-refractivity contribution in [3.63, 3.8) is 0 Å². The van der Waals surface area contributed by atoms with Gasteiger partial charge in [-0.2, -0.15) is 0 Å². The van der Waals surface area contributed by atoms with Crippen LogP contribution in [0, 0.1) is 0 Å². The average Bonchev–Trinajstić information content (AvgIpc) is 2.31. The molecule has 0 spiro atoms. The summed E-state index contributed by atoms with van der Waals surface area (Å²) in [5, 5.41) is 7.69. The Bertz CT molecular complexity index is 400. The predicted octanol–water partition coefficient (Wildman–Crippen LogP) is 0.724. The number of carbonyl (C=O) groups excluding carboxylic acids is 2. The van der Waals surface area contributed by atoms with E-state index in [2.05, 4.69) is 16.0 Å². The fourth-order valence-electron chi connectivity index (χ4n) is 1.09. The Balaban J connectivity index is 2.62. The van der Waals surface area contributed by atoms with Crippen molar-refractivity contribution >= 4 is 23.3 Å². The largest absolute Gasteiger partial charge is 0.341 e. The van der Waals surface area contributed by atoms with Crippen LogP contribution >= 0.6 is 0 Å². The molecule has 1 aromatic carbocycles. The maximum absolute atomic E-state index is 11.3. The minimum atomic E-state index is -0.557. The van der Waals surface area contributed by atoms with Crippen LogP contribution in [0.5, 0.6) is 0 Å². The van der Waals surface area contributed by atoms with E-state index in [1.165, 1.54) is 7.05 Å². The van der Waals surface area contributed by atoms with Crippen LogP contribution in [-0.2, 0) is 4.79 Å². The number of hydrogen-bond donors (Lipinski definition) is 4. The van der Waals surface area contributed by atoms with Gasteiger partial charge in [0.1, 0.15) is 0 Å². The van der Waals surface area contributed by atoms with Crippen LogP contribution in [0.2, 0.25) is 0 Å². The van der Waals surface area contributed by atoms with Gasteiger partial charge in [0.2, 0.25) is 5.91 Å². The third-order valence-corrected chi connectivity index (χ3v) is 2.05. The fraction of sp³-hybridized carbons (Fsp3) is 0.273. The molecule has 6 nitrogen and oxygen atoms in total. The minimum absolute atomic E-state index is 0.253. The number of rotatable bonds is 3. The molecule has 1 unspecified atom stereocenters. The van der Waals surface area contributed by atoms with Crippen LogP contribution in [0.1, 0.15) is 6.92 Å². The van der Waals surface area contributed by atoms with Gasteiger partial charge in [-0.15, -0.1) is 0 Å². The number of nitrogens with two attached hydrogens (primary N) is 1. The zero-order valence-electron chi connectivity index (χ0n) is 9.78. The van der Waals surface area contributed by atoms with E-state index >= 15 is 0 Å². The van der Waals surface area contributed by atoms with Gasteiger partial charge in [-0.1, -0.05) is 0 Å². The topological polar surface area (TPSA) is 96.2 Å². The first-order valence-corrected chi connectivity index (χ1v) is 5.18. The second-order valence-corrected chi connectivity index (χ2v) is 3.56. The number of nitrogens with one attached hydrogen (secondary N) is 3. The monoisotopic (exact) mass is 236 g/mol. The average molecular weight is 236 g/mol. The van der Waals surface area contributed by atoms with Crippen LogP contribution in [0.25, 0.3) is 0 Å². The van der Waals surface area contributed by atoms with E-state index in [1.807, 2.05) is 0 Å². The minimum Gasteiger partial charge on any atom is -0.341 e. The van der Waals surface area contributed by atoms with E-state index in [4.69, 9.17) is 5.73 Å². The van der Waals surface area contributed by atoms with Crippen LogP contribution in [-0.4, -0.2) is 25.0 Å². The van der Waals surface area contributed by atoms with E-state index in [1.54, 1.807) is 31.2 Å². The van der Waals surface area contributed by atoms with E-state index in [0.29, 0.717) is 11.4 Å². The highest BCUT2D eigenvalue weighted by molar-refractivity contribution is 5.95. The SMILES string of the molecule is CNC(=O)Nc1ccc(NC(=O)C(C)N)cc1. The van der Waals surface area contributed by atoms with E-state index < -0.39 is 6.04 Å². The van der Waals surface area contributed by atoms with Crippen molar-refractivity contribution in [3.05, 3.63) is 24.3 Å². The van der Waals surface area contributed by atoms with Crippen molar-refractivity contribution in [1.82, 2.24) is 5.32 Å². The van der Waals surface area contributed by atoms with E-state index in [9.17, 15) is 9.59 Å². The van der Waals surface area contributed by atoms with Crippen LogP contribution in [0.4, 0.5) is 16.2 Å². The number of urea groups is 1. The molecule has 0 saturated carbocycles. The van der Waals surface area contributed by atoms with Crippen molar-refractivity contribution in [2.75, 3.05) is 17.7 Å². The first-order valence-electron chi connectivity index (χ1n) is 5.18. The van der Waals surface area contributed by atoms with E-state index in [-0.39, 0.29) is 11.9 Å². The second-order valence-electron chi connectivity index (χ2n) is 3.56. The lowest BCUT2D eigenvalue weighted by Crippen LogP contribution is -2.32. The number of anilines is 2. The van der Waals surface area contributed by atoms with Gasteiger partial charge in [0.15, 0.2) is 0 Å². The van der Waals surface area contributed by atoms with Crippen LogP contribution in [0.3, 0.4) is 0 Å². The lowest BCUT2D eigenvalue weighted by Gasteiger charge is -2.09. The van der Waals surface area contributed by atoms with Gasteiger partial charge in [-0.25, -0.2) is 4.79 Å². The maximum Gasteiger partial charge on any atom is 0.318 e. The van der Waals surface area contributed by atoms with Crippen molar-refractivity contribution in [2.45, 2.75) is 13.0 Å². The zero-order chi connectivity index (χ0) is 12.8. The van der Waals surface area contributed by atoms with Crippen molar-refractivity contribution in [2.24, 2.45) is 5.73 Å². The summed E-state index contributed by atoms with van der Waals surface area (Å²) in [6, 6.07) is 5.89. The molecule has 1 aromatic rings. The molecule has 0 bridgehead atoms. The highest BCUT2D eigenvalue weighted by Gasteiger charge is 2.07. The van der Waals surface area contributed by atoms with Gasteiger partial charge >= 0.3 is 6.03 Å². The number of hydrogen-bond acceptors (Lipinski definition) is 3. The molecule has 5 N–H and O–H groups in total. The summed E-state index contributed by atoms with van der Waals surface area (Å²) in [6.45, 7) is 1.61. The Morgan fingerprint density at radius 1 is 1.12 bits per heavy atom. The van der Waals surface area contributed by atoms with Gasteiger partial charge in [0.05, 0.1) is 6.04 Å². The summed E-state index contributed by atoms with van der Waals surface area (Å²) >= 11 is 0. The first-order chi connectivity index (χ1) is 8.02. The van der Waals surface area contributed by atoms with E-state index in [0.717, 1.165) is 0 Å². The molecule has 1 rings (SSSR count). The quantitative estimate of drug-likeness (QED) is 0.622. The summed E-state index contributed by atoms with van der Waals surface area (Å²) in [4.78, 5) is 22.3. The standard InChI is InChI=1S/C11H16N4O2/c1-7(12)10(16)14-8-3-5-9(6-4-8)15-11(17)13-2/h3-7H,12H2,1-2H3,(H,14,16)(H2,13,15,17). The molecule has 0 aliphatic heterocycles. The zero-order valence-corrected chi connectivity index (χ0v) is 9.78. The summed E-state index contributed by atoms with van der Waals surface area (Å²) in [7, 11) is 1.53. The van der Waals surface area contributed by atoms with Gasteiger partial charge in [0, 0.05) is 18.4 Å². The van der Waals surface area contributed by atoms with Crippen LogP contribution in [0.15, 0.2) is 24.3 Å². The highest BCUT2D eigenvalue weighted by atomic mass is 16.2. The smallest absolute Gasteiger partial charge is 0.318 e. The molecule has 0 fully saturated rings. The first kappa shape index (κ1) is 13.0. The molecule has 0 aliphatic carbocycles. The van der Waals surface area contributed by atoms with Crippen molar-refractivity contribution in [1.29, 1.82) is 0 Å². The fourth-order valence-corrected chi connectivity index (χ4v) is 1.09. The third kappa shape index (κ3) is 4.12. The third-order valence-electron chi connectivity index (χ3n) is 2.05. The molecule has 0 heterocycles. The summed E-state index contributed by atoms with van der Waals surface area (Å²) in [6.07, 6.45) is 0. The molecule has 3 amide bonds.